The molecule has 4 aromatic heterocycles. The van der Waals surface area contributed by atoms with E-state index in [9.17, 15) is 0 Å². The van der Waals surface area contributed by atoms with Crippen molar-refractivity contribution in [2.24, 2.45) is 7.05 Å². The first-order valence-corrected chi connectivity index (χ1v) is 8.72. The maximum absolute atomic E-state index is 4.70. The molecule has 0 radical (unpaired) electrons. The molecule has 27 heavy (non-hydrogen) atoms. The highest BCUT2D eigenvalue weighted by Gasteiger charge is 2.12. The number of hydrogen-bond acceptors (Lipinski definition) is 7. The number of nitrogens with one attached hydrogen (secondary N) is 2. The van der Waals surface area contributed by atoms with Crippen LogP contribution in [0.5, 0.6) is 0 Å². The van der Waals surface area contributed by atoms with Crippen LogP contribution in [0.25, 0.3) is 22.4 Å². The van der Waals surface area contributed by atoms with Gasteiger partial charge in [0.1, 0.15) is 11.6 Å². The van der Waals surface area contributed by atoms with Crippen LogP contribution in [0.3, 0.4) is 0 Å². The molecule has 0 aromatic carbocycles. The van der Waals surface area contributed by atoms with Gasteiger partial charge in [0.15, 0.2) is 11.5 Å². The van der Waals surface area contributed by atoms with Crippen LogP contribution < -0.4 is 10.6 Å². The van der Waals surface area contributed by atoms with E-state index in [-0.39, 0.29) is 0 Å². The minimum absolute atomic E-state index is 0.643. The largest absolute Gasteiger partial charge is 0.368 e. The van der Waals surface area contributed by atoms with Crippen molar-refractivity contribution in [1.82, 2.24) is 29.7 Å². The Morgan fingerprint density at radius 3 is 2.52 bits per heavy atom. The zero-order chi connectivity index (χ0) is 18.6. The van der Waals surface area contributed by atoms with Gasteiger partial charge in [-0.15, -0.1) is 0 Å². The number of nitrogens with zero attached hydrogens (tertiary/aromatic N) is 6. The Morgan fingerprint density at radius 2 is 1.74 bits per heavy atom. The van der Waals surface area contributed by atoms with Crippen molar-refractivity contribution in [2.45, 2.75) is 6.92 Å². The quantitative estimate of drug-likeness (QED) is 0.511. The first kappa shape index (κ1) is 16.9. The summed E-state index contributed by atoms with van der Waals surface area (Å²) in [5.74, 6) is 2.30. The molecule has 2 N–H and O–H groups in total. The smallest absolute Gasteiger partial charge is 0.164 e. The molecular formula is C19H20N8. The number of aromatic nitrogens is 6. The van der Waals surface area contributed by atoms with Gasteiger partial charge in [0, 0.05) is 44.3 Å². The van der Waals surface area contributed by atoms with E-state index in [1.807, 2.05) is 38.2 Å². The molecule has 4 aromatic rings. The predicted molar refractivity (Wildman–Crippen MR) is 105 cm³/mol. The number of aryl methyl sites for hydroxylation is 2. The highest BCUT2D eigenvalue weighted by Crippen LogP contribution is 2.24. The average Bonchev–Trinajstić information content (AvgIpc) is 3.08. The molecule has 4 rings (SSSR count). The minimum Gasteiger partial charge on any atom is -0.368 e. The Kier molecular flexibility index (Phi) is 4.61. The Labute approximate surface area is 156 Å². The van der Waals surface area contributed by atoms with Crippen LogP contribution in [0, 0.1) is 6.92 Å². The van der Waals surface area contributed by atoms with Gasteiger partial charge >= 0.3 is 0 Å². The Bertz CT molecular complexity index is 1060. The second-order valence-electron chi connectivity index (χ2n) is 6.16. The number of rotatable bonds is 6. The van der Waals surface area contributed by atoms with Crippen LogP contribution in [-0.2, 0) is 7.05 Å². The fourth-order valence-electron chi connectivity index (χ4n) is 2.82. The molecule has 0 unspecified atom stereocenters. The summed E-state index contributed by atoms with van der Waals surface area (Å²) >= 11 is 0. The molecule has 8 heteroatoms. The van der Waals surface area contributed by atoms with E-state index >= 15 is 0 Å². The van der Waals surface area contributed by atoms with E-state index < -0.39 is 0 Å². The average molecular weight is 360 g/mol. The summed E-state index contributed by atoms with van der Waals surface area (Å²) in [5.41, 5.74) is 2.82. The van der Waals surface area contributed by atoms with Crippen molar-refractivity contribution in [3.8, 4) is 11.4 Å². The van der Waals surface area contributed by atoms with Gasteiger partial charge in [0.2, 0.25) is 0 Å². The third-order valence-electron chi connectivity index (χ3n) is 4.25. The molecule has 0 atom stereocenters. The molecule has 136 valence electrons. The highest BCUT2D eigenvalue weighted by molar-refractivity contribution is 5.88. The standard InChI is InChI=1S/C19H20N8/c1-13-4-3-7-21-16(13)22-10-11-23-18-15-12-24-27(2)19(15)26-17(25-18)14-5-8-20-9-6-14/h3-9,12H,10-11H2,1-2H3,(H,21,22)(H,23,25,26). The summed E-state index contributed by atoms with van der Waals surface area (Å²) < 4.78 is 1.75. The van der Waals surface area contributed by atoms with E-state index in [0.717, 1.165) is 33.8 Å². The Hall–Kier alpha value is -3.55. The fraction of sp³-hybridized carbons (Fsp3) is 0.211. The van der Waals surface area contributed by atoms with E-state index in [1.165, 1.54) is 0 Å². The van der Waals surface area contributed by atoms with Gasteiger partial charge in [-0.3, -0.25) is 9.67 Å². The van der Waals surface area contributed by atoms with Crippen LogP contribution in [-0.4, -0.2) is 42.8 Å². The zero-order valence-corrected chi connectivity index (χ0v) is 15.2. The summed E-state index contributed by atoms with van der Waals surface area (Å²) in [7, 11) is 1.88. The number of hydrogen-bond donors (Lipinski definition) is 2. The maximum Gasteiger partial charge on any atom is 0.164 e. The second kappa shape index (κ2) is 7.36. The molecule has 0 aliphatic heterocycles. The molecule has 0 spiro atoms. The number of fused-ring (bicyclic) bond motifs is 1. The minimum atomic E-state index is 0.643. The molecular weight excluding hydrogens is 340 g/mol. The van der Waals surface area contributed by atoms with Gasteiger partial charge in [0.05, 0.1) is 11.6 Å². The summed E-state index contributed by atoms with van der Waals surface area (Å²) in [6.07, 6.45) is 7.04. The highest BCUT2D eigenvalue weighted by atomic mass is 15.3. The van der Waals surface area contributed by atoms with Crippen molar-refractivity contribution >= 4 is 22.7 Å². The molecule has 0 saturated heterocycles. The van der Waals surface area contributed by atoms with Crippen molar-refractivity contribution in [1.29, 1.82) is 0 Å². The van der Waals surface area contributed by atoms with E-state index in [1.54, 1.807) is 29.5 Å². The molecule has 4 heterocycles. The van der Waals surface area contributed by atoms with Gasteiger partial charge in [-0.1, -0.05) is 6.07 Å². The zero-order valence-electron chi connectivity index (χ0n) is 15.2. The summed E-state index contributed by atoms with van der Waals surface area (Å²) in [4.78, 5) is 17.8. The van der Waals surface area contributed by atoms with Crippen molar-refractivity contribution in [2.75, 3.05) is 23.7 Å². The maximum atomic E-state index is 4.70. The van der Waals surface area contributed by atoms with E-state index in [2.05, 4.69) is 30.7 Å². The van der Waals surface area contributed by atoms with Crippen LogP contribution in [0.2, 0.25) is 0 Å². The van der Waals surface area contributed by atoms with E-state index in [4.69, 9.17) is 4.98 Å². The van der Waals surface area contributed by atoms with E-state index in [0.29, 0.717) is 18.9 Å². The Morgan fingerprint density at radius 1 is 0.963 bits per heavy atom. The number of anilines is 2. The lowest BCUT2D eigenvalue weighted by molar-refractivity contribution is 0.786. The van der Waals surface area contributed by atoms with Crippen molar-refractivity contribution in [3.63, 3.8) is 0 Å². The summed E-state index contributed by atoms with van der Waals surface area (Å²) in [5, 5.41) is 11.9. The second-order valence-corrected chi connectivity index (χ2v) is 6.16. The third kappa shape index (κ3) is 3.55. The lowest BCUT2D eigenvalue weighted by atomic mass is 10.2. The first-order valence-electron chi connectivity index (χ1n) is 8.72. The molecule has 0 fully saturated rings. The van der Waals surface area contributed by atoms with Crippen molar-refractivity contribution < 1.29 is 0 Å². The summed E-state index contributed by atoms with van der Waals surface area (Å²) in [6, 6.07) is 7.76. The van der Waals surface area contributed by atoms with Crippen molar-refractivity contribution in [3.05, 3.63) is 54.6 Å². The fourth-order valence-corrected chi connectivity index (χ4v) is 2.82. The topological polar surface area (TPSA) is 93.4 Å². The lowest BCUT2D eigenvalue weighted by Gasteiger charge is -2.11. The van der Waals surface area contributed by atoms with Gasteiger partial charge < -0.3 is 10.6 Å². The SMILES string of the molecule is Cc1cccnc1NCCNc1nc(-c2ccncc2)nc2c1cnn2C. The Balaban J connectivity index is 1.55. The normalized spacial score (nSPS) is 10.9. The lowest BCUT2D eigenvalue weighted by Crippen LogP contribution is -2.16. The van der Waals surface area contributed by atoms with Crippen LogP contribution >= 0.6 is 0 Å². The van der Waals surface area contributed by atoms with Crippen LogP contribution in [0.15, 0.2) is 49.1 Å². The first-order chi connectivity index (χ1) is 13.2. The molecule has 0 saturated carbocycles. The van der Waals surface area contributed by atoms with Crippen LogP contribution in [0.1, 0.15) is 5.56 Å². The third-order valence-corrected chi connectivity index (χ3v) is 4.25. The van der Waals surface area contributed by atoms with Gasteiger partial charge in [0.25, 0.3) is 0 Å². The molecule has 0 bridgehead atoms. The number of pyridine rings is 2. The van der Waals surface area contributed by atoms with Crippen LogP contribution in [0.4, 0.5) is 11.6 Å². The van der Waals surface area contributed by atoms with Gasteiger partial charge in [-0.25, -0.2) is 15.0 Å². The molecule has 0 amide bonds. The summed E-state index contributed by atoms with van der Waals surface area (Å²) in [6.45, 7) is 3.44. The molecule has 0 aliphatic carbocycles. The monoisotopic (exact) mass is 360 g/mol. The van der Waals surface area contributed by atoms with Gasteiger partial charge in [-0.05, 0) is 30.7 Å². The predicted octanol–water partition coefficient (Wildman–Crippen LogP) is 2.65. The molecule has 0 aliphatic rings. The van der Waals surface area contributed by atoms with Gasteiger partial charge in [-0.2, -0.15) is 5.10 Å². The molecule has 8 nitrogen and oxygen atoms in total.